The van der Waals surface area contributed by atoms with Crippen LogP contribution >= 0.6 is 0 Å². The van der Waals surface area contributed by atoms with Crippen molar-refractivity contribution in [3.8, 4) is 0 Å². The Morgan fingerprint density at radius 2 is 0.571 bits per heavy atom. The number of rotatable bonds is 0. The molecule has 0 aliphatic rings. The summed E-state index contributed by atoms with van der Waals surface area (Å²) in [5.74, 6) is 0. The molecule has 76 valence electrons. The van der Waals surface area contributed by atoms with E-state index in [4.69, 9.17) is 45.0 Å². The van der Waals surface area contributed by atoms with Gasteiger partial charge in [0.25, 0.3) is 0 Å². The van der Waals surface area contributed by atoms with Crippen LogP contribution in [0.1, 0.15) is 0 Å². The molecule has 0 fully saturated rings. The summed E-state index contributed by atoms with van der Waals surface area (Å²) < 4.78 is 0. The van der Waals surface area contributed by atoms with Crippen molar-refractivity contribution >= 4 is 18.5 Å². The summed E-state index contributed by atoms with van der Waals surface area (Å²) in [6.07, 6.45) is -7.00. The maximum absolute atomic E-state index is 8.33. The van der Waals surface area contributed by atoms with Crippen LogP contribution in [0.5, 0.6) is 0 Å². The summed E-state index contributed by atoms with van der Waals surface area (Å²) in [7, 11) is 0. The molecule has 0 saturated carbocycles. The van der Waals surface area contributed by atoms with E-state index >= 15 is 0 Å². The number of carbonyl (C=O) groups excluding carboxylic acids is 3. The quantitative estimate of drug-likeness (QED) is 0.368. The molecule has 0 aliphatic heterocycles. The molecule has 10 nitrogen and oxygen atoms in total. The molecule has 0 aromatic heterocycles. The Kier molecular flexibility index (Phi) is 47.7. The van der Waals surface area contributed by atoms with Crippen molar-refractivity contribution in [3.05, 3.63) is 7.43 Å². The minimum absolute atomic E-state index is 0. The fourth-order valence-electron chi connectivity index (χ4n) is 0. The first kappa shape index (κ1) is 29.8. The molecule has 14 heavy (non-hydrogen) atoms. The fourth-order valence-corrected chi connectivity index (χ4v) is 0. The first-order valence-corrected chi connectivity index (χ1v) is 1.84. The average Bonchev–Trinajstić information content (AvgIpc) is 1.54. The van der Waals surface area contributed by atoms with Crippen molar-refractivity contribution in [1.29, 1.82) is 0 Å². The molecule has 0 spiro atoms. The first-order valence-electron chi connectivity index (χ1n) is 1.84. The molecule has 0 aromatic rings. The Balaban J connectivity index is -0.0000000270. The van der Waals surface area contributed by atoms with Crippen LogP contribution in [-0.2, 0) is 5.48 Å². The maximum Gasteiger partial charge on any atom is 4.00 e. The van der Waals surface area contributed by atoms with Gasteiger partial charge in [0.1, 0.15) is 0 Å². The van der Waals surface area contributed by atoms with Crippen molar-refractivity contribution in [2.75, 3.05) is 0 Å². The molecule has 10 heteroatoms. The number of carbonyl (C=O) groups is 3. The molecule has 0 N–H and O–H groups in total. The van der Waals surface area contributed by atoms with E-state index in [-0.39, 0.29) is 12.9 Å². The molecule has 0 saturated heterocycles. The van der Waals surface area contributed by atoms with Crippen molar-refractivity contribution in [3.63, 3.8) is 0 Å². The summed E-state index contributed by atoms with van der Waals surface area (Å²) in [6, 6.07) is 0. The van der Waals surface area contributed by atoms with Crippen LogP contribution < -0.4 is 30.6 Å². The largest absolute Gasteiger partial charge is 4.00 e. The fraction of sp³-hybridized carbons (Fsp3) is 0. The van der Waals surface area contributed by atoms with E-state index in [0.29, 0.717) is 0 Å². The average molecular weight is 208 g/mol. The van der Waals surface area contributed by atoms with E-state index in [2.05, 4.69) is 0 Å². The second-order valence-electron chi connectivity index (χ2n) is 0.750. The Morgan fingerprint density at radius 3 is 0.571 bits per heavy atom. The minimum atomic E-state index is -2.33. The zero-order valence-electron chi connectivity index (χ0n) is 6.08. The normalized spacial score (nSPS) is 5.14. The van der Waals surface area contributed by atoms with Crippen LogP contribution in [-0.4, -0.2) is 18.5 Å². The van der Waals surface area contributed by atoms with Crippen molar-refractivity contribution in [2.45, 2.75) is 0 Å². The number of hydrogen-bond acceptors (Lipinski definition) is 9. The van der Waals surface area contributed by atoms with E-state index in [0.717, 1.165) is 0 Å². The first-order chi connectivity index (χ1) is 5.20. The van der Waals surface area contributed by atoms with Gasteiger partial charge in [0.2, 0.25) is 0 Å². The van der Waals surface area contributed by atoms with Crippen LogP contribution in [0.15, 0.2) is 0 Å². The number of hydrogen-bond donors (Lipinski definition) is 0. The summed E-state index contributed by atoms with van der Waals surface area (Å²) in [6.45, 7) is 0. The SMILES string of the molecule is O=C([O-])[O-].O=C([O-])[O-].O=C([O-])[O-].[C+4].[O+2]. The van der Waals surface area contributed by atoms with Crippen LogP contribution in [0.25, 0.3) is 0 Å². The van der Waals surface area contributed by atoms with Crippen molar-refractivity contribution < 1.29 is 50.5 Å². The molecule has 0 rings (SSSR count). The van der Waals surface area contributed by atoms with E-state index in [1.54, 1.807) is 0 Å². The van der Waals surface area contributed by atoms with Gasteiger partial charge >= 0.3 is 12.9 Å². The van der Waals surface area contributed by atoms with Gasteiger partial charge in [-0.05, 0) is 18.5 Å². The summed E-state index contributed by atoms with van der Waals surface area (Å²) >= 11 is 0. The molecule has 4 radical (unpaired) electrons. The molecule has 0 atom stereocenters. The van der Waals surface area contributed by atoms with Crippen LogP contribution in [0, 0.1) is 7.43 Å². The Bertz CT molecular complexity index is 110. The van der Waals surface area contributed by atoms with Gasteiger partial charge < -0.3 is 45.0 Å². The third-order valence-electron chi connectivity index (χ3n) is 0. The topological polar surface area (TPSA) is 218 Å². The maximum atomic E-state index is 8.33. The smallest absolute Gasteiger partial charge is 0.652 e. The third-order valence-corrected chi connectivity index (χ3v) is 0. The van der Waals surface area contributed by atoms with Gasteiger partial charge in [-0.1, -0.05) is 0 Å². The molecule has 0 heterocycles. The Morgan fingerprint density at radius 1 is 0.571 bits per heavy atom. The van der Waals surface area contributed by atoms with E-state index in [1.807, 2.05) is 0 Å². The zero-order valence-corrected chi connectivity index (χ0v) is 6.08. The molecule has 0 aromatic carbocycles. The Hall–Kier alpha value is -2.23. The van der Waals surface area contributed by atoms with Gasteiger partial charge in [-0.25, -0.2) is 0 Å². The van der Waals surface area contributed by atoms with E-state index in [1.165, 1.54) is 0 Å². The molecular formula is C4O10. The predicted molar refractivity (Wildman–Crippen MR) is 20.1 cm³/mol. The van der Waals surface area contributed by atoms with Gasteiger partial charge in [0, 0.05) is 0 Å². The van der Waals surface area contributed by atoms with E-state index < -0.39 is 18.5 Å². The second kappa shape index (κ2) is 22.4. The molecule has 0 unspecified atom stereocenters. The third kappa shape index (κ3) is 151. The zero-order chi connectivity index (χ0) is 10.7. The Labute approximate surface area is 77.6 Å². The predicted octanol–water partition coefficient (Wildman–Crippen LogP) is -7.38. The van der Waals surface area contributed by atoms with Crippen LogP contribution in [0.4, 0.5) is 14.4 Å². The van der Waals surface area contributed by atoms with Gasteiger partial charge in [0.15, 0.2) is 0 Å². The van der Waals surface area contributed by atoms with Crippen LogP contribution in [0.3, 0.4) is 0 Å². The van der Waals surface area contributed by atoms with Gasteiger partial charge in [-0.15, -0.1) is 0 Å². The minimum Gasteiger partial charge on any atom is -0.652 e. The molecular weight excluding hydrogens is 208 g/mol. The van der Waals surface area contributed by atoms with Crippen LogP contribution in [0.2, 0.25) is 0 Å². The summed E-state index contributed by atoms with van der Waals surface area (Å²) in [5, 5.41) is 50.0. The molecule has 0 amide bonds. The molecule has 0 bridgehead atoms. The molecule has 0 aliphatic carbocycles. The monoisotopic (exact) mass is 208 g/mol. The van der Waals surface area contributed by atoms with Gasteiger partial charge in [-0.2, -0.15) is 0 Å². The summed E-state index contributed by atoms with van der Waals surface area (Å²) in [4.78, 5) is 25.0. The summed E-state index contributed by atoms with van der Waals surface area (Å²) in [5.41, 5.74) is 0. The van der Waals surface area contributed by atoms with Crippen molar-refractivity contribution in [1.82, 2.24) is 0 Å². The number of carboxylic acid groups (broad SMARTS) is 6. The van der Waals surface area contributed by atoms with Gasteiger partial charge in [0.05, 0.1) is 0 Å². The van der Waals surface area contributed by atoms with Crippen molar-refractivity contribution in [2.24, 2.45) is 0 Å². The second-order valence-corrected chi connectivity index (χ2v) is 0.750. The van der Waals surface area contributed by atoms with E-state index in [9.17, 15) is 0 Å². The van der Waals surface area contributed by atoms with Gasteiger partial charge in [-0.3, -0.25) is 0 Å². The standard InChI is InChI=1S/3CH2O3.C.O/c3*2-1(3)4;;/h3*(H2,2,3,4);;/q;;;+4;+2/p-6.